The summed E-state index contributed by atoms with van der Waals surface area (Å²) >= 11 is 0. The predicted octanol–water partition coefficient (Wildman–Crippen LogP) is 4.58. The lowest BCUT2D eigenvalue weighted by molar-refractivity contribution is 0.211. The van der Waals surface area contributed by atoms with Crippen molar-refractivity contribution in [2.45, 2.75) is 47.5 Å². The Kier molecular flexibility index (Phi) is 3.58. The third kappa shape index (κ3) is 3.32. The van der Waals surface area contributed by atoms with Crippen LogP contribution in [-0.4, -0.2) is 0 Å². The van der Waals surface area contributed by atoms with Gasteiger partial charge in [-0.1, -0.05) is 51.5 Å². The maximum absolute atomic E-state index is 2.39. The molecule has 80 valence electrons. The minimum absolute atomic E-state index is 0.441. The monoisotopic (exact) mass is 192 g/mol. The van der Waals surface area contributed by atoms with Crippen LogP contribution in [0.25, 0.3) is 0 Å². The molecule has 0 aromatic carbocycles. The molecule has 0 radical (unpaired) electrons. The van der Waals surface area contributed by atoms with Gasteiger partial charge in [-0.25, -0.2) is 0 Å². The molecule has 2 unspecified atom stereocenters. The maximum atomic E-state index is 2.39. The molecule has 1 aliphatic carbocycles. The molecule has 0 amide bonds. The topological polar surface area (TPSA) is 0 Å². The largest absolute Gasteiger partial charge is 0.0814 e. The van der Waals surface area contributed by atoms with Gasteiger partial charge in [0.1, 0.15) is 0 Å². The summed E-state index contributed by atoms with van der Waals surface area (Å²) in [5.41, 5.74) is 1.86. The number of hydrogen-bond donors (Lipinski definition) is 0. The molecule has 0 nitrogen and oxygen atoms in total. The Balaban J connectivity index is 2.78. The SMILES string of the molecule is CC1=C/CC(C(C)(C)C)CC(C)/C=C\1. The fourth-order valence-electron chi connectivity index (χ4n) is 2.04. The van der Waals surface area contributed by atoms with E-state index >= 15 is 0 Å². The van der Waals surface area contributed by atoms with Crippen LogP contribution in [0.5, 0.6) is 0 Å². The van der Waals surface area contributed by atoms with Crippen LogP contribution in [0.3, 0.4) is 0 Å². The quantitative estimate of drug-likeness (QED) is 0.527. The molecule has 0 heteroatoms. The first-order chi connectivity index (χ1) is 6.39. The lowest BCUT2D eigenvalue weighted by Crippen LogP contribution is -2.22. The van der Waals surface area contributed by atoms with Crippen molar-refractivity contribution in [1.82, 2.24) is 0 Å². The van der Waals surface area contributed by atoms with Crippen molar-refractivity contribution >= 4 is 0 Å². The molecular formula is C14H24. The number of hydrogen-bond acceptors (Lipinski definition) is 0. The average molecular weight is 192 g/mol. The van der Waals surface area contributed by atoms with Crippen molar-refractivity contribution in [2.24, 2.45) is 17.3 Å². The van der Waals surface area contributed by atoms with E-state index in [4.69, 9.17) is 0 Å². The molecule has 1 rings (SSSR count). The normalized spacial score (nSPS) is 35.4. The zero-order valence-electron chi connectivity index (χ0n) is 10.3. The zero-order chi connectivity index (χ0) is 10.8. The third-order valence-corrected chi connectivity index (χ3v) is 3.29. The van der Waals surface area contributed by atoms with Gasteiger partial charge in [0.15, 0.2) is 0 Å². The fourth-order valence-corrected chi connectivity index (χ4v) is 2.04. The zero-order valence-corrected chi connectivity index (χ0v) is 10.3. The summed E-state index contributed by atoms with van der Waals surface area (Å²) in [4.78, 5) is 0. The average Bonchev–Trinajstić information content (AvgIpc) is 2.03. The molecule has 0 saturated carbocycles. The molecule has 0 saturated heterocycles. The Bertz CT molecular complexity index is 237. The number of rotatable bonds is 0. The van der Waals surface area contributed by atoms with Crippen LogP contribution >= 0.6 is 0 Å². The van der Waals surface area contributed by atoms with Crippen LogP contribution in [0.1, 0.15) is 47.5 Å². The van der Waals surface area contributed by atoms with Crippen molar-refractivity contribution in [3.8, 4) is 0 Å². The third-order valence-electron chi connectivity index (χ3n) is 3.29. The van der Waals surface area contributed by atoms with Crippen molar-refractivity contribution < 1.29 is 0 Å². The fraction of sp³-hybridized carbons (Fsp3) is 0.714. The Labute approximate surface area is 89.1 Å². The second-order valence-electron chi connectivity index (χ2n) is 5.82. The van der Waals surface area contributed by atoms with Crippen LogP contribution in [-0.2, 0) is 0 Å². The molecule has 0 aliphatic heterocycles. The summed E-state index contributed by atoms with van der Waals surface area (Å²) in [6, 6.07) is 0. The Hall–Kier alpha value is -0.520. The van der Waals surface area contributed by atoms with Crippen LogP contribution in [0.2, 0.25) is 0 Å². The van der Waals surface area contributed by atoms with E-state index in [-0.39, 0.29) is 0 Å². The summed E-state index contributed by atoms with van der Waals surface area (Å²) in [7, 11) is 0. The molecule has 0 aromatic rings. The Morgan fingerprint density at radius 2 is 1.93 bits per heavy atom. The van der Waals surface area contributed by atoms with E-state index in [9.17, 15) is 0 Å². The van der Waals surface area contributed by atoms with E-state index in [1.165, 1.54) is 18.4 Å². The van der Waals surface area contributed by atoms with Gasteiger partial charge in [0.05, 0.1) is 0 Å². The van der Waals surface area contributed by atoms with E-state index < -0.39 is 0 Å². The summed E-state index contributed by atoms with van der Waals surface area (Å²) in [5, 5.41) is 0. The molecule has 0 N–H and O–H groups in total. The van der Waals surface area contributed by atoms with Crippen molar-refractivity contribution in [1.29, 1.82) is 0 Å². The second-order valence-corrected chi connectivity index (χ2v) is 5.82. The molecule has 2 atom stereocenters. The van der Waals surface area contributed by atoms with Gasteiger partial charge in [-0.05, 0) is 37.0 Å². The van der Waals surface area contributed by atoms with Gasteiger partial charge in [-0.2, -0.15) is 0 Å². The van der Waals surface area contributed by atoms with Crippen LogP contribution in [0, 0.1) is 17.3 Å². The van der Waals surface area contributed by atoms with Gasteiger partial charge >= 0.3 is 0 Å². The summed E-state index contributed by atoms with van der Waals surface area (Å²) in [5.74, 6) is 1.54. The van der Waals surface area contributed by atoms with Gasteiger partial charge in [0, 0.05) is 0 Å². The minimum atomic E-state index is 0.441. The van der Waals surface area contributed by atoms with Gasteiger partial charge in [-0.15, -0.1) is 0 Å². The van der Waals surface area contributed by atoms with E-state index in [0.29, 0.717) is 5.41 Å². The standard InChI is InChI=1S/C14H24/c1-11-6-7-12(2)10-13(9-8-11)14(3,4)5/h6-8,12-13H,9-10H2,1-5H3/b7-6-,11-8-. The van der Waals surface area contributed by atoms with Crippen LogP contribution in [0.4, 0.5) is 0 Å². The van der Waals surface area contributed by atoms with Crippen molar-refractivity contribution in [2.75, 3.05) is 0 Å². The molecule has 14 heavy (non-hydrogen) atoms. The summed E-state index contributed by atoms with van der Waals surface area (Å²) < 4.78 is 0. The highest BCUT2D eigenvalue weighted by Crippen LogP contribution is 2.35. The van der Waals surface area contributed by atoms with Crippen LogP contribution < -0.4 is 0 Å². The van der Waals surface area contributed by atoms with Crippen LogP contribution in [0.15, 0.2) is 23.8 Å². The molecule has 0 fully saturated rings. The predicted molar refractivity (Wildman–Crippen MR) is 64.2 cm³/mol. The first-order valence-electron chi connectivity index (χ1n) is 5.74. The highest BCUT2D eigenvalue weighted by molar-refractivity contribution is 5.18. The minimum Gasteiger partial charge on any atom is -0.0814 e. The summed E-state index contributed by atoms with van der Waals surface area (Å²) in [6.07, 6.45) is 9.57. The molecule has 0 heterocycles. The van der Waals surface area contributed by atoms with Gasteiger partial charge in [0.25, 0.3) is 0 Å². The second kappa shape index (κ2) is 4.33. The number of allylic oxidation sites excluding steroid dienone is 4. The first-order valence-corrected chi connectivity index (χ1v) is 5.74. The highest BCUT2D eigenvalue weighted by Gasteiger charge is 2.25. The summed E-state index contributed by atoms with van der Waals surface area (Å²) in [6.45, 7) is 11.6. The Morgan fingerprint density at radius 1 is 1.29 bits per heavy atom. The van der Waals surface area contributed by atoms with E-state index in [2.05, 4.69) is 52.8 Å². The molecule has 0 bridgehead atoms. The lowest BCUT2D eigenvalue weighted by atomic mass is 9.73. The first kappa shape index (κ1) is 11.6. The molecule has 0 spiro atoms. The van der Waals surface area contributed by atoms with Gasteiger partial charge < -0.3 is 0 Å². The highest BCUT2D eigenvalue weighted by atomic mass is 14.3. The molecule has 0 aromatic heterocycles. The maximum Gasteiger partial charge on any atom is -0.0256 e. The molecular weight excluding hydrogens is 168 g/mol. The van der Waals surface area contributed by atoms with E-state index in [0.717, 1.165) is 11.8 Å². The molecule has 1 aliphatic rings. The van der Waals surface area contributed by atoms with E-state index in [1.807, 2.05) is 0 Å². The van der Waals surface area contributed by atoms with Crippen molar-refractivity contribution in [3.05, 3.63) is 23.8 Å². The van der Waals surface area contributed by atoms with Gasteiger partial charge in [-0.3, -0.25) is 0 Å². The van der Waals surface area contributed by atoms with Crippen molar-refractivity contribution in [3.63, 3.8) is 0 Å². The van der Waals surface area contributed by atoms with Gasteiger partial charge in [0.2, 0.25) is 0 Å². The van der Waals surface area contributed by atoms with E-state index in [1.54, 1.807) is 0 Å². The smallest absolute Gasteiger partial charge is 0.0256 e. The Morgan fingerprint density at radius 3 is 2.50 bits per heavy atom. The lowest BCUT2D eigenvalue weighted by Gasteiger charge is -2.32.